The highest BCUT2D eigenvalue weighted by molar-refractivity contribution is 6.04. The van der Waals surface area contributed by atoms with Gasteiger partial charge in [0.1, 0.15) is 29.0 Å². The van der Waals surface area contributed by atoms with Gasteiger partial charge >= 0.3 is 6.03 Å². The van der Waals surface area contributed by atoms with E-state index in [-0.39, 0.29) is 30.3 Å². The van der Waals surface area contributed by atoms with Crippen LogP contribution in [0.3, 0.4) is 0 Å². The predicted molar refractivity (Wildman–Crippen MR) is 176 cm³/mol. The van der Waals surface area contributed by atoms with Crippen LogP contribution in [0.15, 0.2) is 77.3 Å². The maximum atomic E-state index is 13.8. The molecule has 0 saturated carbocycles. The van der Waals surface area contributed by atoms with Crippen LogP contribution in [0.5, 0.6) is 17.2 Å². The van der Waals surface area contributed by atoms with Crippen molar-refractivity contribution in [2.45, 2.75) is 46.4 Å². The monoisotopic (exact) mass is 627 g/mol. The van der Waals surface area contributed by atoms with Crippen LogP contribution in [-0.2, 0) is 6.54 Å². The Bertz CT molecular complexity index is 1620. The minimum Gasteiger partial charge on any atom is -0.486 e. The number of carbonyl (C=O) groups is 2. The number of urea groups is 1. The highest BCUT2D eigenvalue weighted by Crippen LogP contribution is 2.35. The smallest absolute Gasteiger partial charge is 0.323 e. The SMILES string of the molecule is Cc1noc(C)c1NC(=O)Nc1cccc2c1O[C@@H](CN(C)Cc1ccc(Oc3ccccc3)cc1)[C@H](C)CN([C@@H](C)CO)C2=O. The van der Waals surface area contributed by atoms with Gasteiger partial charge in [-0.15, -0.1) is 0 Å². The van der Waals surface area contributed by atoms with Gasteiger partial charge in [-0.25, -0.2) is 4.79 Å². The van der Waals surface area contributed by atoms with Crippen molar-refractivity contribution in [2.24, 2.45) is 5.92 Å². The fourth-order valence-corrected chi connectivity index (χ4v) is 5.46. The molecule has 1 aliphatic rings. The standard InChI is InChI=1S/C35H41N5O6/c1-22-18-40(23(2)21-41)34(42)29-12-9-13-30(36-35(43)37-32-24(3)38-46-25(32)4)33(29)45-31(22)20-39(5)19-26-14-16-28(17-15-26)44-27-10-7-6-8-11-27/h6-17,22-23,31,41H,18-21H2,1-5H3,(H2,36,37,43)/t22-,23+,31+/m1/s1. The van der Waals surface area contributed by atoms with Gasteiger partial charge in [-0.2, -0.15) is 0 Å². The van der Waals surface area contributed by atoms with E-state index in [1.807, 2.05) is 75.5 Å². The molecule has 3 N–H and O–H groups in total. The molecule has 0 radical (unpaired) electrons. The van der Waals surface area contributed by atoms with Crippen molar-refractivity contribution in [3.63, 3.8) is 0 Å². The molecule has 3 atom stereocenters. The zero-order chi connectivity index (χ0) is 32.8. The lowest BCUT2D eigenvalue weighted by molar-refractivity contribution is 0.0343. The minimum atomic E-state index is -0.525. The highest BCUT2D eigenvalue weighted by Gasteiger charge is 2.34. The van der Waals surface area contributed by atoms with Crippen LogP contribution in [0.2, 0.25) is 0 Å². The second-order valence-electron chi connectivity index (χ2n) is 11.8. The number of fused-ring (bicyclic) bond motifs is 1. The van der Waals surface area contributed by atoms with Crippen LogP contribution in [-0.4, -0.2) is 70.9 Å². The molecule has 46 heavy (non-hydrogen) atoms. The molecule has 4 aromatic rings. The van der Waals surface area contributed by atoms with Gasteiger partial charge in [-0.1, -0.05) is 48.5 Å². The number of aliphatic hydroxyl groups excluding tert-OH is 1. The lowest BCUT2D eigenvalue weighted by Gasteiger charge is -2.38. The summed E-state index contributed by atoms with van der Waals surface area (Å²) < 4.78 is 17.7. The molecular formula is C35H41N5O6. The van der Waals surface area contributed by atoms with Crippen LogP contribution >= 0.6 is 0 Å². The summed E-state index contributed by atoms with van der Waals surface area (Å²) in [4.78, 5) is 30.7. The molecule has 0 saturated heterocycles. The van der Waals surface area contributed by atoms with Crippen LogP contribution in [0.1, 0.15) is 41.2 Å². The Kier molecular flexibility index (Phi) is 10.2. The summed E-state index contributed by atoms with van der Waals surface area (Å²) in [6, 6.07) is 21.8. The Morgan fingerprint density at radius 1 is 1.07 bits per heavy atom. The molecule has 0 spiro atoms. The Morgan fingerprint density at radius 2 is 1.78 bits per heavy atom. The molecule has 2 heterocycles. The van der Waals surface area contributed by atoms with Gasteiger partial charge in [0.15, 0.2) is 11.5 Å². The van der Waals surface area contributed by atoms with Gasteiger partial charge in [0.25, 0.3) is 5.91 Å². The first kappa shape index (κ1) is 32.5. The van der Waals surface area contributed by atoms with Gasteiger partial charge in [0.05, 0.1) is 23.9 Å². The number of rotatable bonds is 10. The van der Waals surface area contributed by atoms with Crippen molar-refractivity contribution in [1.82, 2.24) is 15.0 Å². The molecular weight excluding hydrogens is 586 g/mol. The summed E-state index contributed by atoms with van der Waals surface area (Å²) >= 11 is 0. The lowest BCUT2D eigenvalue weighted by atomic mass is 9.99. The van der Waals surface area contributed by atoms with Crippen LogP contribution < -0.4 is 20.1 Å². The minimum absolute atomic E-state index is 0.0978. The lowest BCUT2D eigenvalue weighted by Crippen LogP contribution is -2.49. The van der Waals surface area contributed by atoms with Gasteiger partial charge in [-0.3, -0.25) is 9.69 Å². The number of para-hydroxylation sites is 2. The number of ether oxygens (including phenoxy) is 2. The number of carbonyl (C=O) groups excluding carboxylic acids is 2. The first-order chi connectivity index (χ1) is 22.1. The van der Waals surface area contributed by atoms with E-state index in [0.29, 0.717) is 48.0 Å². The molecule has 0 bridgehead atoms. The van der Waals surface area contributed by atoms with E-state index in [4.69, 9.17) is 14.0 Å². The molecule has 1 aliphatic heterocycles. The number of hydrogen-bond acceptors (Lipinski definition) is 8. The molecule has 11 nitrogen and oxygen atoms in total. The van der Waals surface area contributed by atoms with E-state index in [0.717, 1.165) is 17.1 Å². The van der Waals surface area contributed by atoms with Crippen molar-refractivity contribution >= 4 is 23.3 Å². The van der Waals surface area contributed by atoms with Gasteiger partial charge in [0, 0.05) is 25.6 Å². The second-order valence-corrected chi connectivity index (χ2v) is 11.8. The summed E-state index contributed by atoms with van der Waals surface area (Å²) in [7, 11) is 2.02. The zero-order valence-corrected chi connectivity index (χ0v) is 26.8. The van der Waals surface area contributed by atoms with Crippen molar-refractivity contribution < 1.29 is 28.7 Å². The summed E-state index contributed by atoms with van der Waals surface area (Å²) in [5.74, 6) is 1.92. The molecule has 0 aliphatic carbocycles. The van der Waals surface area contributed by atoms with Crippen molar-refractivity contribution in [3.05, 3.63) is 95.4 Å². The second kappa shape index (κ2) is 14.5. The average molecular weight is 628 g/mol. The highest BCUT2D eigenvalue weighted by atomic mass is 16.5. The van der Waals surface area contributed by atoms with Gasteiger partial charge < -0.3 is 34.6 Å². The normalized spacial score (nSPS) is 17.0. The molecule has 11 heteroatoms. The number of aryl methyl sites for hydroxylation is 2. The van der Waals surface area contributed by atoms with Crippen LogP contribution in [0, 0.1) is 19.8 Å². The summed E-state index contributed by atoms with van der Waals surface area (Å²) in [5, 5.41) is 19.5. The Balaban J connectivity index is 1.35. The molecule has 3 amide bonds. The van der Waals surface area contributed by atoms with E-state index >= 15 is 0 Å². The largest absolute Gasteiger partial charge is 0.486 e. The maximum Gasteiger partial charge on any atom is 0.323 e. The number of anilines is 2. The first-order valence-electron chi connectivity index (χ1n) is 15.4. The Hall–Kier alpha value is -4.87. The number of aliphatic hydroxyl groups is 1. The van der Waals surface area contributed by atoms with Crippen LogP contribution in [0.25, 0.3) is 0 Å². The third-order valence-electron chi connectivity index (χ3n) is 8.06. The summed E-state index contributed by atoms with van der Waals surface area (Å²) in [6.45, 7) is 8.70. The number of nitrogens with one attached hydrogen (secondary N) is 2. The fourth-order valence-electron chi connectivity index (χ4n) is 5.46. The summed E-state index contributed by atoms with van der Waals surface area (Å²) in [5.41, 5.74) is 2.78. The number of hydrogen-bond donors (Lipinski definition) is 3. The third-order valence-corrected chi connectivity index (χ3v) is 8.06. The molecule has 1 aromatic heterocycles. The van der Waals surface area contributed by atoms with E-state index in [1.54, 1.807) is 36.9 Å². The number of benzene rings is 3. The number of likely N-dealkylation sites (N-methyl/N-ethyl adjacent to an activating group) is 1. The topological polar surface area (TPSA) is 129 Å². The average Bonchev–Trinajstić information content (AvgIpc) is 3.36. The first-order valence-corrected chi connectivity index (χ1v) is 15.4. The number of nitrogens with zero attached hydrogens (tertiary/aromatic N) is 3. The van der Waals surface area contributed by atoms with E-state index < -0.39 is 12.1 Å². The van der Waals surface area contributed by atoms with Crippen molar-refractivity contribution in [2.75, 3.05) is 37.4 Å². The van der Waals surface area contributed by atoms with Gasteiger partial charge in [-0.05, 0) is 69.8 Å². The molecule has 0 fully saturated rings. The van der Waals surface area contributed by atoms with Crippen LogP contribution in [0.4, 0.5) is 16.2 Å². The summed E-state index contributed by atoms with van der Waals surface area (Å²) in [6.07, 6.45) is -0.348. The maximum absolute atomic E-state index is 13.8. The van der Waals surface area contributed by atoms with Gasteiger partial charge in [0.2, 0.25) is 0 Å². The Labute approximate surface area is 269 Å². The van der Waals surface area contributed by atoms with Crippen molar-refractivity contribution in [1.29, 1.82) is 0 Å². The van der Waals surface area contributed by atoms with E-state index in [1.165, 1.54) is 0 Å². The molecule has 0 unspecified atom stereocenters. The predicted octanol–water partition coefficient (Wildman–Crippen LogP) is 6.08. The molecule has 3 aromatic carbocycles. The van der Waals surface area contributed by atoms with E-state index in [2.05, 4.69) is 20.7 Å². The fraction of sp³-hybridized carbons (Fsp3) is 0.343. The molecule has 5 rings (SSSR count). The number of aromatic nitrogens is 1. The zero-order valence-electron chi connectivity index (χ0n) is 26.8. The third kappa shape index (κ3) is 7.67. The Morgan fingerprint density at radius 3 is 2.46 bits per heavy atom. The van der Waals surface area contributed by atoms with E-state index in [9.17, 15) is 14.7 Å². The van der Waals surface area contributed by atoms with Crippen molar-refractivity contribution in [3.8, 4) is 17.2 Å². The quantitative estimate of drug-likeness (QED) is 0.193. The molecule has 242 valence electrons. The number of amides is 3.